The molecular formula is C16H18FNO. The molecule has 0 aliphatic rings. The van der Waals surface area contributed by atoms with Gasteiger partial charge < -0.3 is 10.5 Å². The first-order valence-corrected chi connectivity index (χ1v) is 6.45. The number of ether oxygens (including phenoxy) is 1. The highest BCUT2D eigenvalue weighted by Crippen LogP contribution is 2.23. The lowest BCUT2D eigenvalue weighted by molar-refractivity contribution is 0.302. The van der Waals surface area contributed by atoms with E-state index in [2.05, 4.69) is 0 Å². The number of hydrogen-bond acceptors (Lipinski definition) is 2. The minimum absolute atomic E-state index is 0.320. The Morgan fingerprint density at radius 3 is 2.47 bits per heavy atom. The molecule has 2 nitrogen and oxygen atoms in total. The summed E-state index contributed by atoms with van der Waals surface area (Å²) in [4.78, 5) is 0. The first-order chi connectivity index (χ1) is 9.31. The van der Waals surface area contributed by atoms with Crippen LogP contribution >= 0.6 is 0 Å². The van der Waals surface area contributed by atoms with Crippen LogP contribution in [-0.2, 0) is 12.8 Å². The third kappa shape index (κ3) is 3.80. The van der Waals surface area contributed by atoms with E-state index >= 15 is 0 Å². The summed E-state index contributed by atoms with van der Waals surface area (Å²) in [5.41, 5.74) is 7.53. The molecule has 0 bridgehead atoms. The van der Waals surface area contributed by atoms with Gasteiger partial charge in [0.1, 0.15) is 0 Å². The Morgan fingerprint density at radius 1 is 0.947 bits per heavy atom. The number of halogens is 1. The second-order valence-electron chi connectivity index (χ2n) is 4.35. The first-order valence-electron chi connectivity index (χ1n) is 6.45. The average Bonchev–Trinajstić information content (AvgIpc) is 2.43. The van der Waals surface area contributed by atoms with Gasteiger partial charge in [0.25, 0.3) is 0 Å². The lowest BCUT2D eigenvalue weighted by atomic mass is 10.1. The maximum atomic E-state index is 13.7. The number of rotatable bonds is 6. The van der Waals surface area contributed by atoms with Crippen LogP contribution in [-0.4, -0.2) is 13.2 Å². The standard InChI is InChI=1S/C16H18FNO/c17-15-8-4-7-14(9-11-18)16(15)19-12-10-13-5-2-1-3-6-13/h1-8H,9-12,18H2. The van der Waals surface area contributed by atoms with E-state index < -0.39 is 0 Å². The van der Waals surface area contributed by atoms with Crippen molar-refractivity contribution in [3.63, 3.8) is 0 Å². The molecule has 2 N–H and O–H groups in total. The van der Waals surface area contributed by atoms with Crippen LogP contribution in [0.3, 0.4) is 0 Å². The summed E-state index contributed by atoms with van der Waals surface area (Å²) in [5.74, 6) is 0.0166. The van der Waals surface area contributed by atoms with Gasteiger partial charge in [-0.05, 0) is 30.2 Å². The quantitative estimate of drug-likeness (QED) is 0.865. The highest BCUT2D eigenvalue weighted by molar-refractivity contribution is 5.35. The van der Waals surface area contributed by atoms with Gasteiger partial charge in [0.15, 0.2) is 11.6 Å². The van der Waals surface area contributed by atoms with Crippen molar-refractivity contribution in [2.75, 3.05) is 13.2 Å². The van der Waals surface area contributed by atoms with Crippen LogP contribution in [0.25, 0.3) is 0 Å². The van der Waals surface area contributed by atoms with Gasteiger partial charge in [0, 0.05) is 6.42 Å². The zero-order chi connectivity index (χ0) is 13.5. The van der Waals surface area contributed by atoms with Crippen molar-refractivity contribution >= 4 is 0 Å². The van der Waals surface area contributed by atoms with Crippen molar-refractivity contribution in [1.82, 2.24) is 0 Å². The molecule has 19 heavy (non-hydrogen) atoms. The molecule has 100 valence electrons. The van der Waals surface area contributed by atoms with Crippen LogP contribution in [0.5, 0.6) is 5.75 Å². The topological polar surface area (TPSA) is 35.2 Å². The zero-order valence-electron chi connectivity index (χ0n) is 10.8. The molecule has 0 aromatic heterocycles. The largest absolute Gasteiger partial charge is 0.490 e. The third-order valence-corrected chi connectivity index (χ3v) is 2.94. The number of para-hydroxylation sites is 1. The van der Waals surface area contributed by atoms with Gasteiger partial charge in [-0.15, -0.1) is 0 Å². The fourth-order valence-corrected chi connectivity index (χ4v) is 1.98. The summed E-state index contributed by atoms with van der Waals surface area (Å²) in [6, 6.07) is 15.0. The predicted molar refractivity (Wildman–Crippen MR) is 74.8 cm³/mol. The van der Waals surface area contributed by atoms with E-state index in [1.54, 1.807) is 6.07 Å². The molecule has 0 aliphatic carbocycles. The molecule has 0 unspecified atom stereocenters. The molecule has 0 saturated carbocycles. The fraction of sp³-hybridized carbons (Fsp3) is 0.250. The van der Waals surface area contributed by atoms with E-state index in [1.165, 1.54) is 11.6 Å². The van der Waals surface area contributed by atoms with Crippen LogP contribution in [0, 0.1) is 5.82 Å². The third-order valence-electron chi connectivity index (χ3n) is 2.94. The van der Waals surface area contributed by atoms with E-state index in [0.717, 1.165) is 12.0 Å². The minimum Gasteiger partial charge on any atom is -0.490 e. The van der Waals surface area contributed by atoms with Crippen LogP contribution in [0.2, 0.25) is 0 Å². The second kappa shape index (κ2) is 6.90. The highest BCUT2D eigenvalue weighted by Gasteiger charge is 2.09. The molecule has 0 saturated heterocycles. The summed E-state index contributed by atoms with van der Waals surface area (Å²) >= 11 is 0. The molecule has 2 rings (SSSR count). The zero-order valence-corrected chi connectivity index (χ0v) is 10.8. The van der Waals surface area contributed by atoms with Crippen LogP contribution in [0.1, 0.15) is 11.1 Å². The fourth-order valence-electron chi connectivity index (χ4n) is 1.98. The Kier molecular flexibility index (Phi) is 4.93. The maximum absolute atomic E-state index is 13.7. The highest BCUT2D eigenvalue weighted by atomic mass is 19.1. The van der Waals surface area contributed by atoms with E-state index in [-0.39, 0.29) is 5.82 Å². The van der Waals surface area contributed by atoms with Crippen molar-refractivity contribution in [2.24, 2.45) is 5.73 Å². The molecule has 0 aliphatic heterocycles. The van der Waals surface area contributed by atoms with Gasteiger partial charge in [0.05, 0.1) is 6.61 Å². The summed E-state index contributed by atoms with van der Waals surface area (Å²) in [6.07, 6.45) is 1.38. The molecule has 2 aromatic carbocycles. The van der Waals surface area contributed by atoms with Crippen LogP contribution in [0.4, 0.5) is 4.39 Å². The second-order valence-corrected chi connectivity index (χ2v) is 4.35. The minimum atomic E-state index is -0.320. The molecule has 0 heterocycles. The molecule has 0 atom stereocenters. The smallest absolute Gasteiger partial charge is 0.165 e. The van der Waals surface area contributed by atoms with Gasteiger partial charge in [-0.25, -0.2) is 4.39 Å². The monoisotopic (exact) mass is 259 g/mol. The lowest BCUT2D eigenvalue weighted by Crippen LogP contribution is -2.08. The van der Waals surface area contributed by atoms with E-state index in [1.807, 2.05) is 36.4 Å². The average molecular weight is 259 g/mol. The Labute approximate surface area is 113 Å². The summed E-state index contributed by atoms with van der Waals surface area (Å²) in [6.45, 7) is 0.945. The van der Waals surface area contributed by atoms with E-state index in [9.17, 15) is 4.39 Å². The van der Waals surface area contributed by atoms with Crippen LogP contribution in [0.15, 0.2) is 48.5 Å². The SMILES string of the molecule is NCCc1cccc(F)c1OCCc1ccccc1. The number of benzene rings is 2. The Balaban J connectivity index is 1.99. The van der Waals surface area contributed by atoms with E-state index in [0.29, 0.717) is 25.3 Å². The molecule has 3 heteroatoms. The molecular weight excluding hydrogens is 241 g/mol. The van der Waals surface area contributed by atoms with Gasteiger partial charge in [-0.3, -0.25) is 0 Å². The predicted octanol–water partition coefficient (Wildman–Crippen LogP) is 2.95. The molecule has 0 radical (unpaired) electrons. The van der Waals surface area contributed by atoms with E-state index in [4.69, 9.17) is 10.5 Å². The summed E-state index contributed by atoms with van der Waals surface area (Å²) in [7, 11) is 0. The first kappa shape index (κ1) is 13.6. The molecule has 0 spiro atoms. The Hall–Kier alpha value is -1.87. The summed E-state index contributed by atoms with van der Waals surface area (Å²) < 4.78 is 19.3. The van der Waals surface area contributed by atoms with Gasteiger partial charge in [0.2, 0.25) is 0 Å². The van der Waals surface area contributed by atoms with Gasteiger partial charge in [-0.1, -0.05) is 42.5 Å². The maximum Gasteiger partial charge on any atom is 0.165 e. The lowest BCUT2D eigenvalue weighted by Gasteiger charge is -2.12. The number of hydrogen-bond donors (Lipinski definition) is 1. The van der Waals surface area contributed by atoms with Crippen molar-refractivity contribution < 1.29 is 9.13 Å². The Bertz CT molecular complexity index is 513. The van der Waals surface area contributed by atoms with Crippen LogP contribution < -0.4 is 10.5 Å². The molecule has 0 amide bonds. The van der Waals surface area contributed by atoms with Crippen molar-refractivity contribution in [3.8, 4) is 5.75 Å². The summed E-state index contributed by atoms with van der Waals surface area (Å²) in [5, 5.41) is 0. The van der Waals surface area contributed by atoms with Crippen molar-refractivity contribution in [2.45, 2.75) is 12.8 Å². The normalized spacial score (nSPS) is 10.4. The van der Waals surface area contributed by atoms with Gasteiger partial charge in [-0.2, -0.15) is 0 Å². The van der Waals surface area contributed by atoms with Crippen molar-refractivity contribution in [1.29, 1.82) is 0 Å². The Morgan fingerprint density at radius 2 is 1.74 bits per heavy atom. The van der Waals surface area contributed by atoms with Gasteiger partial charge >= 0.3 is 0 Å². The van der Waals surface area contributed by atoms with Crippen molar-refractivity contribution in [3.05, 3.63) is 65.5 Å². The molecule has 2 aromatic rings. The molecule has 0 fully saturated rings. The number of nitrogens with two attached hydrogens (primary N) is 1.